The van der Waals surface area contributed by atoms with E-state index in [0.29, 0.717) is 17.1 Å². The molecule has 0 radical (unpaired) electrons. The standard InChI is InChI=1S/C20H19NO5S/c1-13-4-3-5-16(10-13)26-9-8-21-19(23)18(27-20(21)24)12-14-11-15(25-2)6-7-17(14)22/h3-7,10-12,22H,8-9H2,1-2H3/b18-12-. The van der Waals surface area contributed by atoms with Crippen LogP contribution in [0, 0.1) is 6.92 Å². The molecule has 1 aliphatic heterocycles. The Balaban J connectivity index is 1.68. The molecule has 140 valence electrons. The van der Waals surface area contributed by atoms with Crippen molar-refractivity contribution in [2.24, 2.45) is 0 Å². The lowest BCUT2D eigenvalue weighted by Crippen LogP contribution is -2.32. The first-order chi connectivity index (χ1) is 13.0. The van der Waals surface area contributed by atoms with Crippen molar-refractivity contribution in [1.82, 2.24) is 4.90 Å². The van der Waals surface area contributed by atoms with Gasteiger partial charge < -0.3 is 14.6 Å². The van der Waals surface area contributed by atoms with Crippen molar-refractivity contribution in [3.63, 3.8) is 0 Å². The Bertz CT molecular complexity index is 909. The summed E-state index contributed by atoms with van der Waals surface area (Å²) in [5, 5.41) is 9.60. The van der Waals surface area contributed by atoms with Crippen LogP contribution in [0.25, 0.3) is 6.08 Å². The number of phenols is 1. The van der Waals surface area contributed by atoms with Gasteiger partial charge in [0.05, 0.1) is 18.6 Å². The number of ether oxygens (including phenoxy) is 2. The molecule has 27 heavy (non-hydrogen) atoms. The summed E-state index contributed by atoms with van der Waals surface area (Å²) in [6.45, 7) is 2.32. The van der Waals surface area contributed by atoms with E-state index in [0.717, 1.165) is 22.2 Å². The van der Waals surface area contributed by atoms with Crippen LogP contribution >= 0.6 is 11.8 Å². The Morgan fingerprint density at radius 1 is 1.15 bits per heavy atom. The van der Waals surface area contributed by atoms with Crippen LogP contribution in [0.15, 0.2) is 47.4 Å². The van der Waals surface area contributed by atoms with Crippen LogP contribution < -0.4 is 9.47 Å². The number of aryl methyl sites for hydroxylation is 1. The van der Waals surface area contributed by atoms with Crippen LogP contribution in [0.2, 0.25) is 0 Å². The fourth-order valence-electron chi connectivity index (χ4n) is 2.57. The molecular formula is C20H19NO5S. The number of benzene rings is 2. The van der Waals surface area contributed by atoms with Gasteiger partial charge in [0.15, 0.2) is 0 Å². The van der Waals surface area contributed by atoms with Crippen molar-refractivity contribution in [3.8, 4) is 17.2 Å². The van der Waals surface area contributed by atoms with Gasteiger partial charge in [0.2, 0.25) is 0 Å². The van der Waals surface area contributed by atoms with Gasteiger partial charge >= 0.3 is 0 Å². The Labute approximate surface area is 161 Å². The molecule has 1 saturated heterocycles. The Kier molecular flexibility index (Phi) is 5.71. The Morgan fingerprint density at radius 2 is 1.96 bits per heavy atom. The molecule has 3 rings (SSSR count). The molecule has 0 saturated carbocycles. The molecule has 2 aromatic carbocycles. The number of thioether (sulfide) groups is 1. The summed E-state index contributed by atoms with van der Waals surface area (Å²) in [4.78, 5) is 26.1. The lowest BCUT2D eigenvalue weighted by atomic mass is 10.1. The molecular weight excluding hydrogens is 366 g/mol. The van der Waals surface area contributed by atoms with Gasteiger partial charge in [-0.15, -0.1) is 0 Å². The molecule has 1 aliphatic rings. The van der Waals surface area contributed by atoms with Gasteiger partial charge in [0.25, 0.3) is 11.1 Å². The van der Waals surface area contributed by atoms with Crippen LogP contribution in [0.1, 0.15) is 11.1 Å². The maximum absolute atomic E-state index is 12.5. The van der Waals surface area contributed by atoms with Crippen molar-refractivity contribution in [2.45, 2.75) is 6.92 Å². The number of carbonyl (C=O) groups excluding carboxylic acids is 2. The van der Waals surface area contributed by atoms with Gasteiger partial charge in [-0.1, -0.05) is 12.1 Å². The summed E-state index contributed by atoms with van der Waals surface area (Å²) in [6.07, 6.45) is 1.49. The van der Waals surface area contributed by atoms with E-state index in [1.54, 1.807) is 12.1 Å². The summed E-state index contributed by atoms with van der Waals surface area (Å²) >= 11 is 0.839. The highest BCUT2D eigenvalue weighted by Gasteiger charge is 2.35. The largest absolute Gasteiger partial charge is 0.507 e. The molecule has 2 amide bonds. The molecule has 6 nitrogen and oxygen atoms in total. The van der Waals surface area contributed by atoms with Crippen molar-refractivity contribution in [1.29, 1.82) is 0 Å². The second-order valence-electron chi connectivity index (χ2n) is 5.92. The minimum Gasteiger partial charge on any atom is -0.507 e. The number of rotatable bonds is 6. The van der Waals surface area contributed by atoms with Crippen LogP contribution in [0.5, 0.6) is 17.2 Å². The second kappa shape index (κ2) is 8.18. The number of imide groups is 1. The maximum atomic E-state index is 12.5. The average molecular weight is 385 g/mol. The SMILES string of the molecule is COc1ccc(O)c(/C=C2\SC(=O)N(CCOc3cccc(C)c3)C2=O)c1. The number of amides is 2. The summed E-state index contributed by atoms with van der Waals surface area (Å²) in [6, 6.07) is 12.2. The number of carbonyl (C=O) groups is 2. The summed E-state index contributed by atoms with van der Waals surface area (Å²) in [7, 11) is 1.51. The highest BCUT2D eigenvalue weighted by Crippen LogP contribution is 2.34. The monoisotopic (exact) mass is 385 g/mol. The topological polar surface area (TPSA) is 76.1 Å². The van der Waals surface area contributed by atoms with Gasteiger partial charge in [0.1, 0.15) is 23.9 Å². The molecule has 0 aromatic heterocycles. The van der Waals surface area contributed by atoms with Gasteiger partial charge in [-0.3, -0.25) is 14.5 Å². The number of phenolic OH excluding ortho intramolecular Hbond substituents is 1. The molecule has 0 unspecified atom stereocenters. The average Bonchev–Trinajstić information content (AvgIpc) is 2.91. The zero-order valence-corrected chi connectivity index (χ0v) is 15.8. The quantitative estimate of drug-likeness (QED) is 0.762. The Hall–Kier alpha value is -2.93. The van der Waals surface area contributed by atoms with Gasteiger partial charge in [0, 0.05) is 5.56 Å². The zero-order chi connectivity index (χ0) is 19.4. The van der Waals surface area contributed by atoms with E-state index in [2.05, 4.69) is 0 Å². The molecule has 0 bridgehead atoms. The number of aromatic hydroxyl groups is 1. The number of methoxy groups -OCH3 is 1. The van der Waals surface area contributed by atoms with Gasteiger partial charge in [-0.2, -0.15) is 0 Å². The molecule has 7 heteroatoms. The molecule has 2 aromatic rings. The third-order valence-electron chi connectivity index (χ3n) is 3.97. The number of hydrogen-bond acceptors (Lipinski definition) is 6. The first kappa shape index (κ1) is 18.8. The smallest absolute Gasteiger partial charge is 0.293 e. The molecule has 0 spiro atoms. The number of hydrogen-bond donors (Lipinski definition) is 1. The van der Waals surface area contributed by atoms with Crippen LogP contribution in [0.3, 0.4) is 0 Å². The maximum Gasteiger partial charge on any atom is 0.293 e. The fraction of sp³-hybridized carbons (Fsp3) is 0.200. The van der Waals surface area contributed by atoms with E-state index in [1.807, 2.05) is 31.2 Å². The third kappa shape index (κ3) is 4.43. The minimum absolute atomic E-state index is 0.00498. The minimum atomic E-state index is -0.403. The van der Waals surface area contributed by atoms with E-state index in [9.17, 15) is 14.7 Å². The summed E-state index contributed by atoms with van der Waals surface area (Å²) < 4.78 is 10.7. The van der Waals surface area contributed by atoms with Crippen LogP contribution in [-0.2, 0) is 4.79 Å². The van der Waals surface area contributed by atoms with Crippen LogP contribution in [0.4, 0.5) is 4.79 Å². The molecule has 0 atom stereocenters. The Morgan fingerprint density at radius 3 is 2.70 bits per heavy atom. The molecule has 1 N–H and O–H groups in total. The van der Waals surface area contributed by atoms with Gasteiger partial charge in [-0.05, 0) is 60.7 Å². The van der Waals surface area contributed by atoms with Crippen molar-refractivity contribution in [3.05, 3.63) is 58.5 Å². The van der Waals surface area contributed by atoms with E-state index < -0.39 is 5.91 Å². The number of nitrogens with zero attached hydrogens (tertiary/aromatic N) is 1. The first-order valence-corrected chi connectivity index (χ1v) is 9.11. The van der Waals surface area contributed by atoms with E-state index >= 15 is 0 Å². The predicted molar refractivity (Wildman–Crippen MR) is 104 cm³/mol. The van der Waals surface area contributed by atoms with Gasteiger partial charge in [-0.25, -0.2) is 0 Å². The van der Waals surface area contributed by atoms with Crippen molar-refractivity contribution >= 4 is 29.0 Å². The van der Waals surface area contributed by atoms with E-state index in [-0.39, 0.29) is 29.0 Å². The zero-order valence-electron chi connectivity index (χ0n) is 15.0. The predicted octanol–water partition coefficient (Wildman–Crippen LogP) is 3.82. The molecule has 0 aliphatic carbocycles. The molecule has 1 heterocycles. The highest BCUT2D eigenvalue weighted by atomic mass is 32.2. The normalized spacial score (nSPS) is 15.5. The lowest BCUT2D eigenvalue weighted by Gasteiger charge is -2.13. The van der Waals surface area contributed by atoms with E-state index in [4.69, 9.17) is 9.47 Å². The van der Waals surface area contributed by atoms with Crippen molar-refractivity contribution in [2.75, 3.05) is 20.3 Å². The van der Waals surface area contributed by atoms with E-state index in [1.165, 1.54) is 19.3 Å². The van der Waals surface area contributed by atoms with Crippen LogP contribution in [-0.4, -0.2) is 41.4 Å². The third-order valence-corrected chi connectivity index (χ3v) is 4.88. The molecule has 1 fully saturated rings. The van der Waals surface area contributed by atoms with Crippen molar-refractivity contribution < 1.29 is 24.2 Å². The fourth-order valence-corrected chi connectivity index (χ4v) is 3.43. The summed E-state index contributed by atoms with van der Waals surface area (Å²) in [5.74, 6) is 0.842. The lowest BCUT2D eigenvalue weighted by molar-refractivity contribution is -0.123. The second-order valence-corrected chi connectivity index (χ2v) is 6.92. The first-order valence-electron chi connectivity index (χ1n) is 8.30. The summed E-state index contributed by atoms with van der Waals surface area (Å²) in [5.41, 5.74) is 1.48. The highest BCUT2D eigenvalue weighted by molar-refractivity contribution is 8.18.